The molecule has 2 aromatic carbocycles. The lowest BCUT2D eigenvalue weighted by molar-refractivity contribution is -0.123. The largest absolute Gasteiger partial charge is 0.449 e. The Labute approximate surface area is 153 Å². The van der Waals surface area contributed by atoms with Gasteiger partial charge in [0.2, 0.25) is 5.91 Å². The molecule has 3 N–H and O–H groups in total. The molecule has 0 saturated heterocycles. The number of anilines is 1. The van der Waals surface area contributed by atoms with E-state index in [1.165, 1.54) is 49.4 Å². The van der Waals surface area contributed by atoms with Gasteiger partial charge in [-0.25, -0.2) is 4.79 Å². The van der Waals surface area contributed by atoms with Crippen molar-refractivity contribution in [2.24, 2.45) is 5.73 Å². The van der Waals surface area contributed by atoms with Crippen molar-refractivity contribution >= 4 is 46.7 Å². The zero-order valence-corrected chi connectivity index (χ0v) is 14.6. The van der Waals surface area contributed by atoms with E-state index >= 15 is 0 Å². The van der Waals surface area contributed by atoms with Crippen LogP contribution in [0.15, 0.2) is 42.5 Å². The molecule has 0 heterocycles. The van der Waals surface area contributed by atoms with Crippen molar-refractivity contribution in [3.63, 3.8) is 0 Å². The Bertz CT molecular complexity index is 802. The van der Waals surface area contributed by atoms with E-state index in [0.717, 1.165) is 0 Å². The summed E-state index contributed by atoms with van der Waals surface area (Å²) >= 11 is 11.7. The molecule has 0 spiro atoms. The molecule has 0 saturated carbocycles. The summed E-state index contributed by atoms with van der Waals surface area (Å²) in [6.45, 7) is 1.43. The Hall–Kier alpha value is -2.57. The van der Waals surface area contributed by atoms with Gasteiger partial charge >= 0.3 is 5.97 Å². The zero-order chi connectivity index (χ0) is 18.6. The van der Waals surface area contributed by atoms with E-state index in [2.05, 4.69) is 5.32 Å². The summed E-state index contributed by atoms with van der Waals surface area (Å²) in [6, 6.07) is 10.2. The maximum absolute atomic E-state index is 12.1. The van der Waals surface area contributed by atoms with E-state index in [4.69, 9.17) is 33.7 Å². The van der Waals surface area contributed by atoms with Crippen LogP contribution in [0.1, 0.15) is 27.6 Å². The Morgan fingerprint density at radius 1 is 1.00 bits per heavy atom. The number of ether oxygens (including phenoxy) is 1. The molecule has 0 aliphatic carbocycles. The quantitative estimate of drug-likeness (QED) is 0.777. The summed E-state index contributed by atoms with van der Waals surface area (Å²) in [5, 5.41) is 3.13. The average molecular weight is 381 g/mol. The third kappa shape index (κ3) is 5.20. The highest BCUT2D eigenvalue weighted by Crippen LogP contribution is 2.20. The summed E-state index contributed by atoms with van der Waals surface area (Å²) in [7, 11) is 0. The molecule has 2 aromatic rings. The monoisotopic (exact) mass is 380 g/mol. The molecule has 1 atom stereocenters. The fraction of sp³-hybridized carbons (Fsp3) is 0.118. The van der Waals surface area contributed by atoms with Crippen LogP contribution in [0.5, 0.6) is 0 Å². The number of primary amides is 1. The number of carbonyl (C=O) groups excluding carboxylic acids is 3. The van der Waals surface area contributed by atoms with Gasteiger partial charge in [0.15, 0.2) is 6.10 Å². The third-order valence-electron chi connectivity index (χ3n) is 3.19. The van der Waals surface area contributed by atoms with Gasteiger partial charge in [0.1, 0.15) is 0 Å². The lowest BCUT2D eigenvalue weighted by Gasteiger charge is -2.14. The van der Waals surface area contributed by atoms with Crippen molar-refractivity contribution in [3.05, 3.63) is 63.6 Å². The van der Waals surface area contributed by atoms with Crippen LogP contribution < -0.4 is 11.1 Å². The maximum Gasteiger partial charge on any atom is 0.339 e. The minimum Gasteiger partial charge on any atom is -0.449 e. The van der Waals surface area contributed by atoms with Crippen LogP contribution in [-0.2, 0) is 9.53 Å². The number of amides is 2. The van der Waals surface area contributed by atoms with E-state index in [9.17, 15) is 14.4 Å². The van der Waals surface area contributed by atoms with Gasteiger partial charge in [-0.05, 0) is 49.4 Å². The second-order valence-electron chi connectivity index (χ2n) is 5.14. The molecule has 0 aromatic heterocycles. The number of benzene rings is 2. The van der Waals surface area contributed by atoms with Gasteiger partial charge in [-0.15, -0.1) is 0 Å². The second-order valence-corrected chi connectivity index (χ2v) is 6.01. The Morgan fingerprint density at radius 2 is 1.56 bits per heavy atom. The van der Waals surface area contributed by atoms with Crippen LogP contribution in [0, 0.1) is 0 Å². The number of hydrogen-bond acceptors (Lipinski definition) is 4. The average Bonchev–Trinajstić information content (AvgIpc) is 2.54. The maximum atomic E-state index is 12.1. The van der Waals surface area contributed by atoms with Crippen LogP contribution in [0.3, 0.4) is 0 Å². The van der Waals surface area contributed by atoms with Gasteiger partial charge in [-0.3, -0.25) is 9.59 Å². The summed E-state index contributed by atoms with van der Waals surface area (Å²) in [5.74, 6) is -1.83. The van der Waals surface area contributed by atoms with Gasteiger partial charge in [-0.1, -0.05) is 23.2 Å². The Kier molecular flexibility index (Phi) is 6.01. The number of nitrogens with two attached hydrogens (primary N) is 1. The highest BCUT2D eigenvalue weighted by molar-refractivity contribution is 6.35. The van der Waals surface area contributed by atoms with Gasteiger partial charge in [0.05, 0.1) is 5.56 Å². The van der Waals surface area contributed by atoms with Crippen LogP contribution >= 0.6 is 23.2 Å². The normalized spacial score (nSPS) is 11.5. The van der Waals surface area contributed by atoms with Gasteiger partial charge in [0.25, 0.3) is 5.91 Å². The highest BCUT2D eigenvalue weighted by Gasteiger charge is 2.19. The number of halogens is 2. The smallest absolute Gasteiger partial charge is 0.339 e. The molecule has 25 heavy (non-hydrogen) atoms. The first-order chi connectivity index (χ1) is 11.8. The molecule has 0 aliphatic heterocycles. The lowest BCUT2D eigenvalue weighted by Crippen LogP contribution is -2.30. The molecular weight excluding hydrogens is 367 g/mol. The standard InChI is InChI=1S/C17H14Cl2N2O4/c1-9(25-17(24)11-6-12(18)8-13(19)7-11)16(23)21-14-4-2-10(3-5-14)15(20)22/h2-9H,1H3,(H2,20,22)(H,21,23)/t9-/m1/s1. The molecule has 2 amide bonds. The van der Waals surface area contributed by atoms with Crippen molar-refractivity contribution < 1.29 is 19.1 Å². The van der Waals surface area contributed by atoms with E-state index in [1.54, 1.807) is 0 Å². The first-order valence-electron chi connectivity index (χ1n) is 7.14. The Morgan fingerprint density at radius 3 is 2.08 bits per heavy atom. The van der Waals surface area contributed by atoms with Crippen molar-refractivity contribution in [2.75, 3.05) is 5.32 Å². The number of esters is 1. The molecular formula is C17H14Cl2N2O4. The highest BCUT2D eigenvalue weighted by atomic mass is 35.5. The van der Waals surface area contributed by atoms with Crippen molar-refractivity contribution in [3.8, 4) is 0 Å². The minimum atomic E-state index is -1.05. The van der Waals surface area contributed by atoms with Crippen LogP contribution in [-0.4, -0.2) is 23.9 Å². The SMILES string of the molecule is C[C@@H](OC(=O)c1cc(Cl)cc(Cl)c1)C(=O)Nc1ccc(C(N)=O)cc1. The number of nitrogens with one attached hydrogen (secondary N) is 1. The fourth-order valence-electron chi connectivity index (χ4n) is 1.92. The van der Waals surface area contributed by atoms with E-state index in [-0.39, 0.29) is 15.6 Å². The Balaban J connectivity index is 1.99. The first kappa shape index (κ1) is 18.8. The molecule has 0 bridgehead atoms. The predicted molar refractivity (Wildman–Crippen MR) is 94.9 cm³/mol. The van der Waals surface area contributed by atoms with Crippen LogP contribution in [0.25, 0.3) is 0 Å². The molecule has 0 fully saturated rings. The molecule has 0 radical (unpaired) electrons. The van der Waals surface area contributed by atoms with Crippen molar-refractivity contribution in [1.82, 2.24) is 0 Å². The van der Waals surface area contributed by atoms with Gasteiger partial charge in [-0.2, -0.15) is 0 Å². The number of hydrogen-bond donors (Lipinski definition) is 2. The molecule has 0 unspecified atom stereocenters. The van der Waals surface area contributed by atoms with E-state index < -0.39 is 23.9 Å². The minimum absolute atomic E-state index is 0.142. The molecule has 8 heteroatoms. The van der Waals surface area contributed by atoms with Crippen molar-refractivity contribution in [2.45, 2.75) is 13.0 Å². The summed E-state index contributed by atoms with van der Waals surface area (Å²) in [4.78, 5) is 35.2. The van der Waals surface area contributed by atoms with Crippen molar-refractivity contribution in [1.29, 1.82) is 0 Å². The van der Waals surface area contributed by atoms with Gasteiger partial charge in [0, 0.05) is 21.3 Å². The molecule has 6 nitrogen and oxygen atoms in total. The topological polar surface area (TPSA) is 98.5 Å². The second kappa shape index (κ2) is 8.00. The summed E-state index contributed by atoms with van der Waals surface area (Å²) in [6.07, 6.45) is -1.05. The first-order valence-corrected chi connectivity index (χ1v) is 7.89. The van der Waals surface area contributed by atoms with E-state index in [0.29, 0.717) is 11.3 Å². The third-order valence-corrected chi connectivity index (χ3v) is 3.62. The molecule has 0 aliphatic rings. The zero-order valence-electron chi connectivity index (χ0n) is 13.1. The molecule has 130 valence electrons. The molecule has 2 rings (SSSR count). The lowest BCUT2D eigenvalue weighted by atomic mass is 10.2. The van der Waals surface area contributed by atoms with Crippen LogP contribution in [0.2, 0.25) is 10.0 Å². The fourth-order valence-corrected chi connectivity index (χ4v) is 2.44. The number of carbonyl (C=O) groups is 3. The predicted octanol–water partition coefficient (Wildman–Crippen LogP) is 3.28. The summed E-state index contributed by atoms with van der Waals surface area (Å²) in [5.41, 5.74) is 6.03. The number of rotatable bonds is 5. The van der Waals surface area contributed by atoms with E-state index in [1.807, 2.05) is 0 Å². The summed E-state index contributed by atoms with van der Waals surface area (Å²) < 4.78 is 5.10. The van der Waals surface area contributed by atoms with Crippen LogP contribution in [0.4, 0.5) is 5.69 Å². The van der Waals surface area contributed by atoms with Gasteiger partial charge < -0.3 is 15.8 Å².